The van der Waals surface area contributed by atoms with Crippen molar-refractivity contribution >= 4 is 11.8 Å². The Hall–Kier alpha value is -1.10. The molecule has 1 aliphatic carbocycles. The van der Waals surface area contributed by atoms with Crippen molar-refractivity contribution in [2.75, 3.05) is 19.6 Å². The number of likely N-dealkylation sites (tertiary alicyclic amines) is 1. The molecule has 0 aromatic carbocycles. The first kappa shape index (κ1) is 13.3. The Morgan fingerprint density at radius 1 is 1.39 bits per heavy atom. The van der Waals surface area contributed by atoms with Crippen molar-refractivity contribution in [1.29, 1.82) is 0 Å². The Bertz CT molecular complexity index is 328. The molecule has 0 aromatic rings. The first-order chi connectivity index (χ1) is 8.58. The lowest BCUT2D eigenvalue weighted by atomic mass is 9.97. The highest BCUT2D eigenvalue weighted by molar-refractivity contribution is 5.80. The highest BCUT2D eigenvalue weighted by Crippen LogP contribution is 2.32. The number of aliphatic hydroxyl groups excluding tert-OH is 1. The van der Waals surface area contributed by atoms with Crippen LogP contribution in [0.3, 0.4) is 0 Å². The smallest absolute Gasteiger partial charge is 0.224 e. The summed E-state index contributed by atoms with van der Waals surface area (Å²) in [6.07, 6.45) is 3.44. The molecule has 5 nitrogen and oxygen atoms in total. The maximum Gasteiger partial charge on any atom is 0.224 e. The third-order valence-electron chi connectivity index (χ3n) is 3.89. The van der Waals surface area contributed by atoms with E-state index in [-0.39, 0.29) is 17.7 Å². The average Bonchev–Trinajstić information content (AvgIpc) is 3.20. The second-order valence-corrected chi connectivity index (χ2v) is 5.45. The lowest BCUT2D eigenvalue weighted by Crippen LogP contribution is -2.46. The summed E-state index contributed by atoms with van der Waals surface area (Å²) in [5, 5.41) is 12.5. The maximum atomic E-state index is 12.0. The van der Waals surface area contributed by atoms with E-state index in [0.29, 0.717) is 19.0 Å². The summed E-state index contributed by atoms with van der Waals surface area (Å²) in [5.41, 5.74) is 0. The van der Waals surface area contributed by atoms with Gasteiger partial charge >= 0.3 is 0 Å². The Kier molecular flexibility index (Phi) is 4.22. The van der Waals surface area contributed by atoms with E-state index in [0.717, 1.165) is 32.2 Å². The fraction of sp³-hybridized carbons (Fsp3) is 0.846. The molecule has 2 fully saturated rings. The molecule has 0 bridgehead atoms. The number of carbonyl (C=O) groups excluding carboxylic acids is 2. The number of nitrogens with zero attached hydrogens (tertiary/aromatic N) is 1. The zero-order chi connectivity index (χ0) is 13.1. The van der Waals surface area contributed by atoms with Crippen molar-refractivity contribution in [3.63, 3.8) is 0 Å². The number of aliphatic hydroxyl groups is 1. The number of rotatable bonds is 4. The van der Waals surface area contributed by atoms with Crippen LogP contribution in [0.2, 0.25) is 0 Å². The fourth-order valence-corrected chi connectivity index (χ4v) is 2.47. The van der Waals surface area contributed by atoms with Crippen molar-refractivity contribution in [1.82, 2.24) is 10.2 Å². The van der Waals surface area contributed by atoms with E-state index in [1.54, 1.807) is 4.90 Å². The number of carbonyl (C=O) groups is 2. The molecule has 2 aliphatic rings. The summed E-state index contributed by atoms with van der Waals surface area (Å²) in [7, 11) is 0. The third-order valence-corrected chi connectivity index (χ3v) is 3.89. The van der Waals surface area contributed by atoms with Crippen LogP contribution < -0.4 is 5.32 Å². The van der Waals surface area contributed by atoms with Gasteiger partial charge in [-0.25, -0.2) is 0 Å². The minimum absolute atomic E-state index is 0.0272. The van der Waals surface area contributed by atoms with Gasteiger partial charge in [0.1, 0.15) is 0 Å². The van der Waals surface area contributed by atoms with Crippen LogP contribution in [-0.4, -0.2) is 47.6 Å². The molecule has 0 spiro atoms. The molecule has 1 saturated heterocycles. The van der Waals surface area contributed by atoms with Crippen LogP contribution in [0.1, 0.15) is 32.6 Å². The van der Waals surface area contributed by atoms with Gasteiger partial charge < -0.3 is 15.3 Å². The second-order valence-electron chi connectivity index (χ2n) is 5.45. The average molecular weight is 254 g/mol. The molecule has 1 aliphatic heterocycles. The largest absolute Gasteiger partial charge is 0.391 e. The molecule has 2 atom stereocenters. The molecular weight excluding hydrogens is 232 g/mol. The minimum atomic E-state index is -0.401. The second kappa shape index (κ2) is 5.69. The minimum Gasteiger partial charge on any atom is -0.391 e. The van der Waals surface area contributed by atoms with Gasteiger partial charge in [-0.05, 0) is 31.6 Å². The van der Waals surface area contributed by atoms with E-state index >= 15 is 0 Å². The summed E-state index contributed by atoms with van der Waals surface area (Å²) in [4.78, 5) is 25.0. The van der Waals surface area contributed by atoms with Crippen LogP contribution in [-0.2, 0) is 9.59 Å². The Labute approximate surface area is 108 Å². The lowest BCUT2D eigenvalue weighted by Gasteiger charge is -2.31. The van der Waals surface area contributed by atoms with Gasteiger partial charge in [-0.15, -0.1) is 0 Å². The Balaban J connectivity index is 1.75. The molecule has 1 heterocycles. The molecule has 0 radical (unpaired) electrons. The highest BCUT2D eigenvalue weighted by atomic mass is 16.3. The van der Waals surface area contributed by atoms with Crippen LogP contribution in [0.25, 0.3) is 0 Å². The van der Waals surface area contributed by atoms with Crippen molar-refractivity contribution in [2.45, 2.75) is 38.7 Å². The Morgan fingerprint density at radius 3 is 2.72 bits per heavy atom. The van der Waals surface area contributed by atoms with Gasteiger partial charge in [0.15, 0.2) is 0 Å². The van der Waals surface area contributed by atoms with Crippen molar-refractivity contribution < 1.29 is 14.7 Å². The van der Waals surface area contributed by atoms with Crippen molar-refractivity contribution in [2.24, 2.45) is 11.8 Å². The summed E-state index contributed by atoms with van der Waals surface area (Å²) >= 11 is 0. The van der Waals surface area contributed by atoms with Crippen molar-refractivity contribution in [3.05, 3.63) is 0 Å². The van der Waals surface area contributed by atoms with E-state index in [1.807, 2.05) is 0 Å². The SMILES string of the molecule is CC(=O)N1CCCC(C(=O)NCC(O)C2CC2)C1. The van der Waals surface area contributed by atoms with E-state index < -0.39 is 6.10 Å². The zero-order valence-corrected chi connectivity index (χ0v) is 10.9. The van der Waals surface area contributed by atoms with Gasteiger partial charge in [0.2, 0.25) is 11.8 Å². The van der Waals surface area contributed by atoms with Crippen LogP contribution in [0.15, 0.2) is 0 Å². The van der Waals surface area contributed by atoms with E-state index in [1.165, 1.54) is 6.92 Å². The third kappa shape index (κ3) is 3.45. The number of hydrogen-bond donors (Lipinski definition) is 2. The molecule has 2 N–H and O–H groups in total. The fourth-order valence-electron chi connectivity index (χ4n) is 2.47. The monoisotopic (exact) mass is 254 g/mol. The molecular formula is C13H22N2O3. The molecule has 0 aromatic heterocycles. The van der Waals surface area contributed by atoms with Crippen molar-refractivity contribution in [3.8, 4) is 0 Å². The van der Waals surface area contributed by atoms with Gasteiger partial charge in [-0.2, -0.15) is 0 Å². The van der Waals surface area contributed by atoms with Gasteiger partial charge in [0, 0.05) is 26.6 Å². The number of nitrogens with one attached hydrogen (secondary N) is 1. The predicted molar refractivity (Wildman–Crippen MR) is 66.7 cm³/mol. The topological polar surface area (TPSA) is 69.6 Å². The summed E-state index contributed by atoms with van der Waals surface area (Å²) < 4.78 is 0. The van der Waals surface area contributed by atoms with Gasteiger partial charge in [-0.1, -0.05) is 0 Å². The first-order valence-electron chi connectivity index (χ1n) is 6.79. The first-order valence-corrected chi connectivity index (χ1v) is 6.79. The quantitative estimate of drug-likeness (QED) is 0.749. The van der Waals surface area contributed by atoms with Crippen LogP contribution >= 0.6 is 0 Å². The molecule has 102 valence electrons. The summed E-state index contributed by atoms with van der Waals surface area (Å²) in [5.74, 6) is 0.269. The summed E-state index contributed by atoms with van der Waals surface area (Å²) in [6, 6.07) is 0. The van der Waals surface area contributed by atoms with Gasteiger partial charge in [-0.3, -0.25) is 9.59 Å². The zero-order valence-electron chi connectivity index (χ0n) is 10.9. The molecule has 5 heteroatoms. The van der Waals surface area contributed by atoms with Gasteiger partial charge in [0.05, 0.1) is 12.0 Å². The number of piperidine rings is 1. The standard InChI is InChI=1S/C13H22N2O3/c1-9(16)15-6-2-3-11(8-15)13(18)14-7-12(17)10-4-5-10/h10-12,17H,2-8H2,1H3,(H,14,18). The molecule has 1 saturated carbocycles. The number of hydrogen-bond acceptors (Lipinski definition) is 3. The lowest BCUT2D eigenvalue weighted by molar-refractivity contribution is -0.134. The Morgan fingerprint density at radius 2 is 2.11 bits per heavy atom. The molecule has 2 amide bonds. The predicted octanol–water partition coefficient (Wildman–Crippen LogP) is 0.132. The normalized spacial score (nSPS) is 25.7. The molecule has 2 rings (SSSR count). The van der Waals surface area contributed by atoms with E-state index in [4.69, 9.17) is 0 Å². The maximum absolute atomic E-state index is 12.0. The molecule has 18 heavy (non-hydrogen) atoms. The van der Waals surface area contributed by atoms with E-state index in [9.17, 15) is 14.7 Å². The van der Waals surface area contributed by atoms with Crippen LogP contribution in [0, 0.1) is 11.8 Å². The summed E-state index contributed by atoms with van der Waals surface area (Å²) in [6.45, 7) is 3.15. The number of amides is 2. The van der Waals surface area contributed by atoms with E-state index in [2.05, 4.69) is 5.32 Å². The molecule has 2 unspecified atom stereocenters. The van der Waals surface area contributed by atoms with Gasteiger partial charge in [0.25, 0.3) is 0 Å². The van der Waals surface area contributed by atoms with Crippen LogP contribution in [0.4, 0.5) is 0 Å². The highest BCUT2D eigenvalue weighted by Gasteiger charge is 2.31. The van der Waals surface area contributed by atoms with Crippen LogP contribution in [0.5, 0.6) is 0 Å².